The molecule has 52 valence electrons. The van der Waals surface area contributed by atoms with Gasteiger partial charge in [-0.3, -0.25) is 0 Å². The van der Waals surface area contributed by atoms with Crippen molar-refractivity contribution in [1.82, 2.24) is 4.98 Å². The number of nitrogens with zero attached hydrogens (tertiary/aromatic N) is 1. The van der Waals surface area contributed by atoms with Crippen molar-refractivity contribution < 1.29 is 0 Å². The van der Waals surface area contributed by atoms with Gasteiger partial charge < -0.3 is 5.73 Å². The fraction of sp³-hybridized carbons (Fsp3) is 0.167. The molecule has 1 rings (SSSR count). The lowest BCUT2D eigenvalue weighted by atomic mass is 9.73. The first kappa shape index (κ1) is 7.41. The van der Waals surface area contributed by atoms with E-state index in [1.807, 2.05) is 12.9 Å². The van der Waals surface area contributed by atoms with Gasteiger partial charge in [-0.1, -0.05) is 18.4 Å². The van der Waals surface area contributed by atoms with E-state index in [2.05, 4.69) is 4.98 Å². The minimum atomic E-state index is 0.576. The molecule has 0 amide bonds. The average molecular weight is 154 g/mol. The zero-order valence-electron chi connectivity index (χ0n) is 5.76. The van der Waals surface area contributed by atoms with E-state index in [0.717, 1.165) is 12.7 Å². The van der Waals surface area contributed by atoms with Gasteiger partial charge in [-0.25, -0.2) is 4.98 Å². The Labute approximate surface area is 65.6 Å². The summed E-state index contributed by atoms with van der Waals surface area (Å²) in [5, 5.41) is 0.644. The van der Waals surface area contributed by atoms with Crippen LogP contribution in [0.5, 0.6) is 0 Å². The van der Waals surface area contributed by atoms with Crippen LogP contribution in [0.4, 0.5) is 5.82 Å². The predicted molar refractivity (Wildman–Crippen MR) is 46.3 cm³/mol. The SMILES string of the molecule is CBc1cc(Cl)cnc1N. The van der Waals surface area contributed by atoms with Crippen LogP contribution in [0.15, 0.2) is 12.3 Å². The van der Waals surface area contributed by atoms with Gasteiger partial charge in [0, 0.05) is 6.20 Å². The Morgan fingerprint density at radius 1 is 1.70 bits per heavy atom. The number of rotatable bonds is 1. The highest BCUT2D eigenvalue weighted by molar-refractivity contribution is 6.54. The lowest BCUT2D eigenvalue weighted by Gasteiger charge is -1.99. The van der Waals surface area contributed by atoms with E-state index in [1.54, 1.807) is 6.20 Å². The molecule has 0 aliphatic heterocycles. The van der Waals surface area contributed by atoms with E-state index < -0.39 is 0 Å². The summed E-state index contributed by atoms with van der Waals surface area (Å²) in [4.78, 5) is 3.90. The molecule has 0 radical (unpaired) electrons. The molecule has 0 atom stereocenters. The predicted octanol–water partition coefficient (Wildman–Crippen LogP) is 0.427. The summed E-state index contributed by atoms with van der Waals surface area (Å²) in [5.41, 5.74) is 6.54. The number of aromatic nitrogens is 1. The fourth-order valence-electron chi connectivity index (χ4n) is 0.775. The van der Waals surface area contributed by atoms with Crippen molar-refractivity contribution in [3.63, 3.8) is 0 Å². The zero-order chi connectivity index (χ0) is 7.56. The Kier molecular flexibility index (Phi) is 2.17. The van der Waals surface area contributed by atoms with E-state index in [-0.39, 0.29) is 0 Å². The second-order valence-electron chi connectivity index (χ2n) is 2.05. The van der Waals surface area contributed by atoms with Gasteiger partial charge in [0.2, 0.25) is 0 Å². The molecule has 0 saturated carbocycles. The second kappa shape index (κ2) is 2.93. The van der Waals surface area contributed by atoms with Crippen LogP contribution in [0.2, 0.25) is 11.8 Å². The van der Waals surface area contributed by atoms with Gasteiger partial charge in [-0.15, -0.1) is 0 Å². The number of hydrogen-bond acceptors (Lipinski definition) is 2. The number of anilines is 1. The first-order chi connectivity index (χ1) is 4.74. The molecule has 0 aliphatic carbocycles. The van der Waals surface area contributed by atoms with Crippen LogP contribution in [0.3, 0.4) is 0 Å². The van der Waals surface area contributed by atoms with Crippen LogP contribution < -0.4 is 11.2 Å². The van der Waals surface area contributed by atoms with Crippen LogP contribution in [0.1, 0.15) is 0 Å². The number of pyridine rings is 1. The Bertz CT molecular complexity index is 239. The van der Waals surface area contributed by atoms with Crippen molar-refractivity contribution in [2.75, 3.05) is 5.73 Å². The molecule has 1 aromatic rings. The van der Waals surface area contributed by atoms with Gasteiger partial charge in [0.05, 0.1) is 5.02 Å². The summed E-state index contributed by atoms with van der Waals surface area (Å²) in [6.45, 7) is 2.02. The van der Waals surface area contributed by atoms with Crippen molar-refractivity contribution in [3.05, 3.63) is 17.3 Å². The molecule has 0 spiro atoms. The van der Waals surface area contributed by atoms with Crippen LogP contribution in [0, 0.1) is 0 Å². The number of halogens is 1. The van der Waals surface area contributed by atoms with Gasteiger partial charge in [-0.05, 0) is 11.5 Å². The van der Waals surface area contributed by atoms with E-state index in [9.17, 15) is 0 Å². The summed E-state index contributed by atoms with van der Waals surface area (Å²) in [6.07, 6.45) is 1.55. The highest BCUT2D eigenvalue weighted by Gasteiger charge is 1.98. The minimum Gasteiger partial charge on any atom is -0.384 e. The summed E-state index contributed by atoms with van der Waals surface area (Å²) >= 11 is 5.68. The molecule has 0 saturated heterocycles. The third-order valence-electron chi connectivity index (χ3n) is 1.35. The lowest BCUT2D eigenvalue weighted by Crippen LogP contribution is -2.17. The standard InChI is InChI=1S/C6H8BClN2/c1-7-5-2-4(8)3-10-6(5)9/h2-3,7H,1H3,(H2,9,10). The summed E-state index contributed by atoms with van der Waals surface area (Å²) in [5.74, 6) is 0.576. The Balaban J connectivity index is 3.09. The lowest BCUT2D eigenvalue weighted by molar-refractivity contribution is 1.35. The molecular formula is C6H8BClN2. The van der Waals surface area contributed by atoms with Gasteiger partial charge in [0.25, 0.3) is 0 Å². The minimum absolute atomic E-state index is 0.576. The molecule has 10 heavy (non-hydrogen) atoms. The maximum absolute atomic E-state index is 5.68. The highest BCUT2D eigenvalue weighted by Crippen LogP contribution is 2.04. The van der Waals surface area contributed by atoms with E-state index in [0.29, 0.717) is 10.8 Å². The van der Waals surface area contributed by atoms with Crippen LogP contribution >= 0.6 is 11.6 Å². The van der Waals surface area contributed by atoms with E-state index in [1.165, 1.54) is 0 Å². The van der Waals surface area contributed by atoms with Crippen molar-refractivity contribution in [3.8, 4) is 0 Å². The maximum atomic E-state index is 5.68. The third kappa shape index (κ3) is 1.42. The largest absolute Gasteiger partial charge is 0.384 e. The molecule has 1 heterocycles. The van der Waals surface area contributed by atoms with Crippen LogP contribution in [-0.4, -0.2) is 12.3 Å². The van der Waals surface area contributed by atoms with Crippen LogP contribution in [0.25, 0.3) is 0 Å². The quantitative estimate of drug-likeness (QED) is 0.596. The van der Waals surface area contributed by atoms with E-state index >= 15 is 0 Å². The summed E-state index contributed by atoms with van der Waals surface area (Å²) in [7, 11) is 0.874. The highest BCUT2D eigenvalue weighted by atomic mass is 35.5. The summed E-state index contributed by atoms with van der Waals surface area (Å²) < 4.78 is 0. The number of hydrogen-bond donors (Lipinski definition) is 1. The van der Waals surface area contributed by atoms with Crippen molar-refractivity contribution in [2.45, 2.75) is 6.82 Å². The molecular weight excluding hydrogens is 146 g/mol. The van der Waals surface area contributed by atoms with Gasteiger partial charge >= 0.3 is 0 Å². The Morgan fingerprint density at radius 3 is 2.90 bits per heavy atom. The molecule has 2 nitrogen and oxygen atoms in total. The molecule has 0 aliphatic rings. The number of nitrogens with two attached hydrogens (primary N) is 1. The average Bonchev–Trinajstić information content (AvgIpc) is 1.94. The zero-order valence-corrected chi connectivity index (χ0v) is 6.52. The first-order valence-corrected chi connectivity index (χ1v) is 3.51. The smallest absolute Gasteiger partial charge is 0.159 e. The summed E-state index contributed by atoms with van der Waals surface area (Å²) in [6, 6.07) is 1.84. The van der Waals surface area contributed by atoms with Gasteiger partial charge in [-0.2, -0.15) is 0 Å². The molecule has 2 N–H and O–H groups in total. The van der Waals surface area contributed by atoms with Gasteiger partial charge in [0.1, 0.15) is 5.82 Å². The monoisotopic (exact) mass is 154 g/mol. The molecule has 0 aromatic carbocycles. The first-order valence-electron chi connectivity index (χ1n) is 3.14. The van der Waals surface area contributed by atoms with Gasteiger partial charge in [0.15, 0.2) is 7.28 Å². The third-order valence-corrected chi connectivity index (χ3v) is 1.56. The molecule has 4 heteroatoms. The second-order valence-corrected chi connectivity index (χ2v) is 2.49. The fourth-order valence-corrected chi connectivity index (χ4v) is 0.955. The normalized spacial score (nSPS) is 9.40. The van der Waals surface area contributed by atoms with Crippen molar-refractivity contribution in [2.24, 2.45) is 0 Å². The Morgan fingerprint density at radius 2 is 2.40 bits per heavy atom. The number of nitrogen functional groups attached to an aromatic ring is 1. The van der Waals surface area contributed by atoms with Crippen molar-refractivity contribution in [1.29, 1.82) is 0 Å². The van der Waals surface area contributed by atoms with Crippen molar-refractivity contribution >= 4 is 30.2 Å². The topological polar surface area (TPSA) is 38.9 Å². The molecule has 0 bridgehead atoms. The van der Waals surface area contributed by atoms with E-state index in [4.69, 9.17) is 17.3 Å². The Hall–Kier alpha value is -0.695. The molecule has 1 aromatic heterocycles. The molecule has 0 fully saturated rings. The molecule has 0 unspecified atom stereocenters. The maximum Gasteiger partial charge on any atom is 0.159 e. The van der Waals surface area contributed by atoms with Crippen LogP contribution in [-0.2, 0) is 0 Å².